The van der Waals surface area contributed by atoms with Crippen molar-refractivity contribution in [3.8, 4) is 6.07 Å². The van der Waals surface area contributed by atoms with Crippen LogP contribution in [0.3, 0.4) is 0 Å². The second-order valence-electron chi connectivity index (χ2n) is 9.73. The predicted octanol–water partition coefficient (Wildman–Crippen LogP) is 2.89. The van der Waals surface area contributed by atoms with E-state index in [2.05, 4.69) is 47.7 Å². The quantitative estimate of drug-likeness (QED) is 0.412. The molecule has 10 nitrogen and oxygen atoms in total. The summed E-state index contributed by atoms with van der Waals surface area (Å²) in [5.41, 5.74) is 4.13. The van der Waals surface area contributed by atoms with Crippen molar-refractivity contribution in [3.63, 3.8) is 0 Å². The normalized spacial score (nSPS) is 19.7. The van der Waals surface area contributed by atoms with E-state index in [1.807, 2.05) is 34.3 Å². The number of nitriles is 1. The number of nitrogens with zero attached hydrogens (tertiary/aromatic N) is 9. The third-order valence-corrected chi connectivity index (χ3v) is 7.51. The van der Waals surface area contributed by atoms with E-state index in [0.717, 1.165) is 48.8 Å². The first kappa shape index (κ1) is 24.0. The molecular formula is C26H33N9O. The Morgan fingerprint density at radius 1 is 1.14 bits per heavy atom. The van der Waals surface area contributed by atoms with Crippen molar-refractivity contribution >= 4 is 17.1 Å². The van der Waals surface area contributed by atoms with Crippen LogP contribution in [0.2, 0.25) is 0 Å². The number of aromatic nitrogens is 6. The van der Waals surface area contributed by atoms with Gasteiger partial charge in [0.2, 0.25) is 0 Å². The molecule has 4 aromatic heterocycles. The van der Waals surface area contributed by atoms with Crippen molar-refractivity contribution in [3.05, 3.63) is 57.9 Å². The standard InChI is InChI=1S/C26H33N9O/c1-6-20-16-33(25-13-26(36)31(5)24-12-19(10-11-27)29-35(24)25)21(7-2)15-32(20)18(4)22-8-9-23-28-17(3)14-34(23)30-22/h8-9,12-14,18,20-21H,6-7,10,15-16H2,1-5H3/t18-,20+,21-/m0/s1. The topological polar surface area (TPSA) is 99.8 Å². The summed E-state index contributed by atoms with van der Waals surface area (Å²) in [6.07, 6.45) is 4.07. The highest BCUT2D eigenvalue weighted by molar-refractivity contribution is 5.52. The summed E-state index contributed by atoms with van der Waals surface area (Å²) in [7, 11) is 1.75. The van der Waals surface area contributed by atoms with Gasteiger partial charge in [-0.15, -0.1) is 0 Å². The van der Waals surface area contributed by atoms with E-state index in [1.54, 1.807) is 17.7 Å². The SMILES string of the molecule is CC[C@H]1CN([C@@H](C)c2ccc3nc(C)cn3n2)[C@H](CC)CN1c1cc(=O)n(C)c2cc(CC#N)nn12. The fraction of sp³-hybridized carbons (Fsp3) is 0.500. The molecule has 1 saturated heterocycles. The zero-order valence-corrected chi connectivity index (χ0v) is 21.6. The Balaban J connectivity index is 1.50. The van der Waals surface area contributed by atoms with Gasteiger partial charge in [0.05, 0.1) is 41.8 Å². The number of imidazole rings is 1. The van der Waals surface area contributed by atoms with Gasteiger partial charge >= 0.3 is 0 Å². The van der Waals surface area contributed by atoms with Gasteiger partial charge in [-0.1, -0.05) is 13.8 Å². The maximum Gasteiger partial charge on any atom is 0.255 e. The van der Waals surface area contributed by atoms with Crippen LogP contribution in [0.15, 0.2) is 35.3 Å². The molecule has 1 aliphatic heterocycles. The molecule has 5 rings (SSSR count). The molecule has 0 amide bonds. The molecule has 0 saturated carbocycles. The van der Waals surface area contributed by atoms with Crippen LogP contribution in [0.4, 0.5) is 5.82 Å². The van der Waals surface area contributed by atoms with E-state index >= 15 is 0 Å². The van der Waals surface area contributed by atoms with Crippen molar-refractivity contribution < 1.29 is 0 Å². The molecule has 0 aromatic carbocycles. The fourth-order valence-electron chi connectivity index (χ4n) is 5.43. The minimum atomic E-state index is -0.0762. The smallest absolute Gasteiger partial charge is 0.255 e. The molecule has 4 aromatic rings. The van der Waals surface area contributed by atoms with Gasteiger partial charge in [-0.25, -0.2) is 14.0 Å². The second kappa shape index (κ2) is 9.39. The molecule has 0 bridgehead atoms. The van der Waals surface area contributed by atoms with Crippen LogP contribution in [-0.4, -0.2) is 58.9 Å². The second-order valence-corrected chi connectivity index (χ2v) is 9.73. The molecule has 0 radical (unpaired) electrons. The molecule has 36 heavy (non-hydrogen) atoms. The lowest BCUT2D eigenvalue weighted by Crippen LogP contribution is -2.59. The Hall–Kier alpha value is -3.71. The first-order chi connectivity index (χ1) is 17.3. The Morgan fingerprint density at radius 2 is 1.92 bits per heavy atom. The maximum atomic E-state index is 12.9. The average molecular weight is 488 g/mol. The summed E-state index contributed by atoms with van der Waals surface area (Å²) in [5, 5.41) is 18.7. The van der Waals surface area contributed by atoms with Gasteiger partial charge in [0.15, 0.2) is 5.65 Å². The van der Waals surface area contributed by atoms with Gasteiger partial charge in [-0.3, -0.25) is 14.3 Å². The van der Waals surface area contributed by atoms with Crippen molar-refractivity contribution in [1.82, 2.24) is 33.7 Å². The summed E-state index contributed by atoms with van der Waals surface area (Å²) in [6, 6.07) is 10.4. The Kier molecular flexibility index (Phi) is 6.26. The zero-order valence-electron chi connectivity index (χ0n) is 21.6. The van der Waals surface area contributed by atoms with E-state index < -0.39 is 0 Å². The lowest BCUT2D eigenvalue weighted by Gasteiger charge is -2.49. The van der Waals surface area contributed by atoms with Gasteiger partial charge in [-0.05, 0) is 38.8 Å². The molecule has 1 aliphatic rings. The molecule has 0 spiro atoms. The fourth-order valence-corrected chi connectivity index (χ4v) is 5.43. The monoisotopic (exact) mass is 487 g/mol. The highest BCUT2D eigenvalue weighted by Crippen LogP contribution is 2.31. The van der Waals surface area contributed by atoms with Crippen LogP contribution in [0, 0.1) is 18.3 Å². The molecule has 5 heterocycles. The molecule has 0 N–H and O–H groups in total. The highest BCUT2D eigenvalue weighted by Gasteiger charge is 2.37. The number of anilines is 1. The van der Waals surface area contributed by atoms with Gasteiger partial charge < -0.3 is 4.90 Å². The first-order valence-corrected chi connectivity index (χ1v) is 12.7. The van der Waals surface area contributed by atoms with Crippen LogP contribution in [0.25, 0.3) is 11.3 Å². The first-order valence-electron chi connectivity index (χ1n) is 12.7. The maximum absolute atomic E-state index is 12.9. The number of piperazine rings is 1. The Labute approximate surface area is 210 Å². The van der Waals surface area contributed by atoms with Gasteiger partial charge in [-0.2, -0.15) is 15.5 Å². The van der Waals surface area contributed by atoms with Crippen molar-refractivity contribution in [2.45, 2.75) is 65.1 Å². The zero-order chi connectivity index (χ0) is 25.6. The van der Waals surface area contributed by atoms with Crippen LogP contribution < -0.4 is 10.5 Å². The van der Waals surface area contributed by atoms with Crippen molar-refractivity contribution in [2.75, 3.05) is 18.0 Å². The van der Waals surface area contributed by atoms with E-state index in [0.29, 0.717) is 11.3 Å². The summed E-state index contributed by atoms with van der Waals surface area (Å²) in [4.78, 5) is 22.3. The van der Waals surface area contributed by atoms with Gasteiger partial charge in [0.1, 0.15) is 11.5 Å². The summed E-state index contributed by atoms with van der Waals surface area (Å²) in [5.74, 6) is 0.795. The molecular weight excluding hydrogens is 454 g/mol. The van der Waals surface area contributed by atoms with E-state index in [-0.39, 0.29) is 30.1 Å². The summed E-state index contributed by atoms with van der Waals surface area (Å²) < 4.78 is 5.29. The van der Waals surface area contributed by atoms with Crippen molar-refractivity contribution in [2.24, 2.45) is 7.05 Å². The molecule has 188 valence electrons. The van der Waals surface area contributed by atoms with Crippen molar-refractivity contribution in [1.29, 1.82) is 5.26 Å². The van der Waals surface area contributed by atoms with Crippen LogP contribution in [0.5, 0.6) is 0 Å². The summed E-state index contributed by atoms with van der Waals surface area (Å²) in [6.45, 7) is 10.2. The highest BCUT2D eigenvalue weighted by atomic mass is 16.1. The van der Waals surface area contributed by atoms with Crippen LogP contribution in [0.1, 0.15) is 56.7 Å². The number of hydrogen-bond donors (Lipinski definition) is 0. The van der Waals surface area contributed by atoms with E-state index in [1.165, 1.54) is 0 Å². The molecule has 1 fully saturated rings. The number of rotatable bonds is 6. The predicted molar refractivity (Wildman–Crippen MR) is 138 cm³/mol. The summed E-state index contributed by atoms with van der Waals surface area (Å²) >= 11 is 0. The lowest BCUT2D eigenvalue weighted by atomic mass is 9.99. The minimum Gasteiger partial charge on any atom is -0.351 e. The average Bonchev–Trinajstić information content (AvgIpc) is 3.47. The minimum absolute atomic E-state index is 0.0762. The molecule has 10 heteroatoms. The molecule has 0 unspecified atom stereocenters. The van der Waals surface area contributed by atoms with E-state index in [9.17, 15) is 10.1 Å². The Bertz CT molecular complexity index is 1510. The molecule has 3 atom stereocenters. The third-order valence-electron chi connectivity index (χ3n) is 7.51. The third kappa shape index (κ3) is 4.03. The number of hydrogen-bond acceptors (Lipinski definition) is 7. The van der Waals surface area contributed by atoms with Gasteiger partial charge in [0, 0.05) is 44.4 Å². The number of aryl methyl sites for hydroxylation is 2. The largest absolute Gasteiger partial charge is 0.351 e. The van der Waals surface area contributed by atoms with Gasteiger partial charge in [0.25, 0.3) is 5.56 Å². The van der Waals surface area contributed by atoms with Crippen LogP contribution >= 0.6 is 0 Å². The van der Waals surface area contributed by atoms with E-state index in [4.69, 9.17) is 10.2 Å². The lowest BCUT2D eigenvalue weighted by molar-refractivity contribution is 0.0978. The number of fused-ring (bicyclic) bond motifs is 2. The molecule has 0 aliphatic carbocycles. The van der Waals surface area contributed by atoms with Crippen LogP contribution in [-0.2, 0) is 13.5 Å². The Morgan fingerprint density at radius 3 is 2.64 bits per heavy atom.